The van der Waals surface area contributed by atoms with Crippen LogP contribution in [0, 0.1) is 0 Å². The first-order valence-electron chi connectivity index (χ1n) is 9.14. The summed E-state index contributed by atoms with van der Waals surface area (Å²) < 4.78 is 5.61. The van der Waals surface area contributed by atoms with Gasteiger partial charge in [0.05, 0.1) is 6.10 Å². The molecule has 0 aromatic heterocycles. The molecule has 1 fully saturated rings. The van der Waals surface area contributed by atoms with Crippen LogP contribution in [-0.2, 0) is 4.74 Å². The number of benzene rings is 1. The number of hydrogen-bond donors (Lipinski definition) is 2. The molecule has 26 heavy (non-hydrogen) atoms. The van der Waals surface area contributed by atoms with Gasteiger partial charge in [0.2, 0.25) is 0 Å². The van der Waals surface area contributed by atoms with E-state index in [1.807, 2.05) is 31.3 Å². The second-order valence-electron chi connectivity index (χ2n) is 6.49. The zero-order valence-electron chi connectivity index (χ0n) is 16.0. The van der Waals surface area contributed by atoms with Crippen LogP contribution in [-0.4, -0.2) is 57.2 Å². The summed E-state index contributed by atoms with van der Waals surface area (Å²) in [5, 5.41) is 7.64. The maximum Gasteiger partial charge on any atom is 0.191 e. The van der Waals surface area contributed by atoms with E-state index in [9.17, 15) is 0 Å². The average Bonchev–Trinajstić information content (AvgIpc) is 2.63. The molecule has 0 bridgehead atoms. The molecular formula is C19H32ClIN4O. The number of piperidine rings is 1. The van der Waals surface area contributed by atoms with Crippen LogP contribution in [0.4, 0.5) is 0 Å². The van der Waals surface area contributed by atoms with E-state index in [1.165, 1.54) is 13.0 Å². The third-order valence-corrected chi connectivity index (χ3v) is 4.89. The lowest BCUT2D eigenvalue weighted by atomic mass is 10.1. The molecule has 0 saturated carbocycles. The van der Waals surface area contributed by atoms with Crippen molar-refractivity contribution in [1.82, 2.24) is 15.5 Å². The van der Waals surface area contributed by atoms with Gasteiger partial charge in [0, 0.05) is 44.9 Å². The van der Waals surface area contributed by atoms with Crippen LogP contribution in [0.5, 0.6) is 0 Å². The molecule has 2 N–H and O–H groups in total. The van der Waals surface area contributed by atoms with Crippen molar-refractivity contribution >= 4 is 41.5 Å². The lowest BCUT2D eigenvalue weighted by Crippen LogP contribution is -2.49. The number of guanidine groups is 1. The fourth-order valence-electron chi connectivity index (χ4n) is 3.24. The summed E-state index contributed by atoms with van der Waals surface area (Å²) in [5.74, 6) is 0.831. The van der Waals surface area contributed by atoms with Crippen molar-refractivity contribution in [2.24, 2.45) is 4.99 Å². The van der Waals surface area contributed by atoms with Gasteiger partial charge in [-0.2, -0.15) is 0 Å². The van der Waals surface area contributed by atoms with Crippen molar-refractivity contribution in [3.8, 4) is 0 Å². The van der Waals surface area contributed by atoms with Crippen molar-refractivity contribution < 1.29 is 4.74 Å². The minimum absolute atomic E-state index is 0. The summed E-state index contributed by atoms with van der Waals surface area (Å²) in [6, 6.07) is 8.27. The van der Waals surface area contributed by atoms with E-state index in [4.69, 9.17) is 16.3 Å². The van der Waals surface area contributed by atoms with E-state index in [0.717, 1.165) is 42.5 Å². The van der Waals surface area contributed by atoms with Crippen molar-refractivity contribution in [2.75, 3.05) is 40.3 Å². The van der Waals surface area contributed by atoms with Gasteiger partial charge < -0.3 is 20.3 Å². The van der Waals surface area contributed by atoms with Crippen LogP contribution in [0.15, 0.2) is 29.3 Å². The number of hydrogen-bond acceptors (Lipinski definition) is 3. The second-order valence-corrected chi connectivity index (χ2v) is 6.93. The SMILES string of the molecule is CCCN1CCC(NC(=NC)NCC(OC)c2cccc(Cl)c2)CC1.I. The number of halogens is 2. The second kappa shape index (κ2) is 12.8. The Morgan fingerprint density at radius 2 is 2.12 bits per heavy atom. The van der Waals surface area contributed by atoms with Gasteiger partial charge in [-0.25, -0.2) is 0 Å². The van der Waals surface area contributed by atoms with E-state index < -0.39 is 0 Å². The highest BCUT2D eigenvalue weighted by Crippen LogP contribution is 2.19. The lowest BCUT2D eigenvalue weighted by molar-refractivity contribution is 0.106. The first-order valence-corrected chi connectivity index (χ1v) is 9.51. The summed E-state index contributed by atoms with van der Waals surface area (Å²) in [6.07, 6.45) is 3.47. The van der Waals surface area contributed by atoms with Crippen molar-refractivity contribution in [3.05, 3.63) is 34.9 Å². The Labute approximate surface area is 179 Å². The molecule has 1 aromatic rings. The highest BCUT2D eigenvalue weighted by atomic mass is 127. The molecule has 1 atom stereocenters. The average molecular weight is 495 g/mol. The minimum atomic E-state index is -0.0661. The summed E-state index contributed by atoms with van der Waals surface area (Å²) in [7, 11) is 3.52. The Bertz CT molecular complexity index is 550. The van der Waals surface area contributed by atoms with Gasteiger partial charge in [-0.05, 0) is 43.5 Å². The molecule has 1 unspecified atom stereocenters. The molecule has 7 heteroatoms. The smallest absolute Gasteiger partial charge is 0.191 e. The Balaban J connectivity index is 0.00000338. The van der Waals surface area contributed by atoms with E-state index in [1.54, 1.807) is 7.11 Å². The number of methoxy groups -OCH3 is 1. The predicted molar refractivity (Wildman–Crippen MR) is 121 cm³/mol. The molecular weight excluding hydrogens is 463 g/mol. The molecule has 0 aliphatic carbocycles. The standard InChI is InChI=1S/C19H31ClN4O.HI/c1-4-10-24-11-8-17(9-12-24)23-19(21-2)22-14-18(25-3)15-6-5-7-16(20)13-15;/h5-7,13,17-18H,4,8-12,14H2,1-3H3,(H2,21,22,23);1H. The van der Waals surface area contributed by atoms with Crippen LogP contribution < -0.4 is 10.6 Å². The number of ether oxygens (including phenoxy) is 1. The van der Waals surface area contributed by atoms with Crippen LogP contribution >= 0.6 is 35.6 Å². The topological polar surface area (TPSA) is 48.9 Å². The Morgan fingerprint density at radius 1 is 1.38 bits per heavy atom. The zero-order valence-corrected chi connectivity index (χ0v) is 19.1. The largest absolute Gasteiger partial charge is 0.375 e. The normalized spacial score (nSPS) is 17.5. The van der Waals surface area contributed by atoms with Gasteiger partial charge in [-0.1, -0.05) is 30.7 Å². The first-order chi connectivity index (χ1) is 12.2. The Morgan fingerprint density at radius 3 is 2.69 bits per heavy atom. The molecule has 1 aromatic carbocycles. The number of nitrogens with one attached hydrogen (secondary N) is 2. The molecule has 2 rings (SSSR count). The minimum Gasteiger partial charge on any atom is -0.375 e. The predicted octanol–water partition coefficient (Wildman–Crippen LogP) is 3.68. The number of likely N-dealkylation sites (tertiary alicyclic amines) is 1. The zero-order chi connectivity index (χ0) is 18.1. The third kappa shape index (κ3) is 7.58. The summed E-state index contributed by atoms with van der Waals surface area (Å²) in [5.41, 5.74) is 1.06. The van der Waals surface area contributed by atoms with Gasteiger partial charge in [-0.3, -0.25) is 4.99 Å². The van der Waals surface area contributed by atoms with Crippen LogP contribution in [0.2, 0.25) is 5.02 Å². The monoisotopic (exact) mass is 494 g/mol. The van der Waals surface area contributed by atoms with Crippen molar-refractivity contribution in [3.63, 3.8) is 0 Å². The fourth-order valence-corrected chi connectivity index (χ4v) is 3.44. The van der Waals surface area contributed by atoms with Crippen LogP contribution in [0.25, 0.3) is 0 Å². The van der Waals surface area contributed by atoms with Crippen LogP contribution in [0.1, 0.15) is 37.9 Å². The van der Waals surface area contributed by atoms with E-state index in [2.05, 4.69) is 27.4 Å². The van der Waals surface area contributed by atoms with E-state index in [-0.39, 0.29) is 30.1 Å². The summed E-state index contributed by atoms with van der Waals surface area (Å²) >= 11 is 6.08. The summed E-state index contributed by atoms with van der Waals surface area (Å²) in [6.45, 7) is 6.40. The van der Waals surface area contributed by atoms with Crippen molar-refractivity contribution in [1.29, 1.82) is 0 Å². The van der Waals surface area contributed by atoms with E-state index in [0.29, 0.717) is 12.6 Å². The molecule has 1 heterocycles. The van der Waals surface area contributed by atoms with Gasteiger partial charge in [0.1, 0.15) is 0 Å². The third-order valence-electron chi connectivity index (χ3n) is 4.65. The molecule has 0 spiro atoms. The van der Waals surface area contributed by atoms with Gasteiger partial charge >= 0.3 is 0 Å². The summed E-state index contributed by atoms with van der Waals surface area (Å²) in [4.78, 5) is 6.89. The van der Waals surface area contributed by atoms with Crippen molar-refractivity contribution in [2.45, 2.75) is 38.3 Å². The quantitative estimate of drug-likeness (QED) is 0.345. The molecule has 0 radical (unpaired) electrons. The highest BCUT2D eigenvalue weighted by Gasteiger charge is 2.20. The molecule has 1 saturated heterocycles. The molecule has 0 amide bonds. The molecule has 1 aliphatic rings. The lowest BCUT2D eigenvalue weighted by Gasteiger charge is -2.33. The number of nitrogens with zero attached hydrogens (tertiary/aromatic N) is 2. The molecule has 1 aliphatic heterocycles. The van der Waals surface area contributed by atoms with Crippen LogP contribution in [0.3, 0.4) is 0 Å². The maximum absolute atomic E-state index is 6.08. The Kier molecular flexibility index (Phi) is 11.5. The highest BCUT2D eigenvalue weighted by molar-refractivity contribution is 14.0. The van der Waals surface area contributed by atoms with Gasteiger partial charge in [0.15, 0.2) is 5.96 Å². The first kappa shape index (κ1) is 23.5. The van der Waals surface area contributed by atoms with E-state index >= 15 is 0 Å². The molecule has 148 valence electrons. The van der Waals surface area contributed by atoms with Gasteiger partial charge in [0.25, 0.3) is 0 Å². The molecule has 5 nitrogen and oxygen atoms in total. The van der Waals surface area contributed by atoms with Gasteiger partial charge in [-0.15, -0.1) is 24.0 Å². The maximum atomic E-state index is 6.08. The number of aliphatic imine (C=N–C) groups is 1. The fraction of sp³-hybridized carbons (Fsp3) is 0.632. The number of rotatable bonds is 7. The Hall–Kier alpha value is -0.570.